The fourth-order valence-corrected chi connectivity index (χ4v) is 6.42. The van der Waals surface area contributed by atoms with Crippen LogP contribution >= 0.6 is 0 Å². The lowest BCUT2D eigenvalue weighted by Gasteiger charge is -2.41. The predicted molar refractivity (Wildman–Crippen MR) is 150 cm³/mol. The number of hydrogen-bond acceptors (Lipinski definition) is 4. The van der Waals surface area contributed by atoms with Crippen molar-refractivity contribution < 1.29 is 22.7 Å². The number of nitrogens with zero attached hydrogens (tertiary/aromatic N) is 3. The minimum atomic E-state index is -4.41. The monoisotopic (exact) mass is 555 g/mol. The summed E-state index contributed by atoms with van der Waals surface area (Å²) < 4.78 is 47.7. The number of aryl methyl sites for hydroxylation is 1. The van der Waals surface area contributed by atoms with Crippen molar-refractivity contribution in [3.63, 3.8) is 0 Å². The van der Waals surface area contributed by atoms with Gasteiger partial charge >= 0.3 is 6.18 Å². The Morgan fingerprint density at radius 2 is 1.88 bits per heavy atom. The van der Waals surface area contributed by atoms with Gasteiger partial charge in [-0.1, -0.05) is 30.9 Å². The first-order valence-corrected chi connectivity index (χ1v) is 14.6. The summed E-state index contributed by atoms with van der Waals surface area (Å²) in [6.07, 6.45) is 3.48. The third kappa shape index (κ3) is 6.22. The van der Waals surface area contributed by atoms with Crippen LogP contribution in [0.4, 0.5) is 13.2 Å². The van der Waals surface area contributed by atoms with Gasteiger partial charge in [-0.05, 0) is 85.9 Å². The summed E-state index contributed by atoms with van der Waals surface area (Å²) in [5.41, 5.74) is 5.11. The topological polar surface area (TPSA) is 45.7 Å². The zero-order valence-electron chi connectivity index (χ0n) is 23.8. The van der Waals surface area contributed by atoms with Crippen molar-refractivity contribution in [2.75, 3.05) is 33.2 Å². The molecule has 1 saturated carbocycles. The summed E-state index contributed by atoms with van der Waals surface area (Å²) in [5, 5.41) is 0. The van der Waals surface area contributed by atoms with Crippen LogP contribution in [0.1, 0.15) is 86.2 Å². The molecule has 3 aliphatic rings. The number of halogens is 3. The maximum Gasteiger partial charge on any atom is 0.416 e. The van der Waals surface area contributed by atoms with Crippen LogP contribution in [-0.4, -0.2) is 53.9 Å². The fraction of sp³-hybridized carbons (Fsp3) is 0.562. The third-order valence-corrected chi connectivity index (χ3v) is 9.01. The van der Waals surface area contributed by atoms with E-state index < -0.39 is 11.7 Å². The van der Waals surface area contributed by atoms with Gasteiger partial charge in [0.2, 0.25) is 5.91 Å². The smallest absolute Gasteiger partial charge is 0.416 e. The number of allylic oxidation sites excluding steroid dienone is 1. The number of alkyl halides is 3. The average Bonchev–Trinajstić information content (AvgIpc) is 2.93. The summed E-state index contributed by atoms with van der Waals surface area (Å²) in [7, 11) is 1.86. The highest BCUT2D eigenvalue weighted by molar-refractivity contribution is 5.80. The number of amides is 1. The maximum atomic E-state index is 13.9. The van der Waals surface area contributed by atoms with Crippen molar-refractivity contribution >= 4 is 11.5 Å². The molecule has 2 aliphatic carbocycles. The molecule has 2 fully saturated rings. The van der Waals surface area contributed by atoms with E-state index in [0.717, 1.165) is 71.1 Å². The van der Waals surface area contributed by atoms with Gasteiger partial charge in [-0.25, -0.2) is 0 Å². The first kappa shape index (κ1) is 28.7. The molecule has 0 bridgehead atoms. The SMILES string of the molecule is CCN(C)C(=O)C1CN(CC2=C(C)c3ccc(OCc4cc(C(F)(F)F)c(C5CCCCC5)cn4)cc3CC2)C1. The lowest BCUT2D eigenvalue weighted by atomic mass is 9.82. The van der Waals surface area contributed by atoms with Crippen LogP contribution in [0, 0.1) is 5.92 Å². The number of benzene rings is 1. The van der Waals surface area contributed by atoms with E-state index in [9.17, 15) is 18.0 Å². The van der Waals surface area contributed by atoms with Crippen LogP contribution < -0.4 is 4.74 Å². The van der Waals surface area contributed by atoms with Gasteiger partial charge in [0, 0.05) is 39.4 Å². The van der Waals surface area contributed by atoms with E-state index in [1.165, 1.54) is 34.5 Å². The van der Waals surface area contributed by atoms with E-state index in [0.29, 0.717) is 17.0 Å². The Kier molecular flexibility index (Phi) is 8.55. The van der Waals surface area contributed by atoms with E-state index in [2.05, 4.69) is 22.9 Å². The molecule has 40 heavy (non-hydrogen) atoms. The number of carbonyl (C=O) groups excluding carboxylic acids is 1. The predicted octanol–water partition coefficient (Wildman–Crippen LogP) is 6.86. The first-order chi connectivity index (χ1) is 19.1. The second kappa shape index (κ2) is 11.9. The van der Waals surface area contributed by atoms with Crippen LogP contribution in [-0.2, 0) is 24.0 Å². The molecule has 0 radical (unpaired) electrons. The van der Waals surface area contributed by atoms with E-state index in [1.54, 1.807) is 4.90 Å². The highest BCUT2D eigenvalue weighted by Crippen LogP contribution is 2.41. The van der Waals surface area contributed by atoms with Gasteiger partial charge in [0.1, 0.15) is 12.4 Å². The molecule has 0 N–H and O–H groups in total. The summed E-state index contributed by atoms with van der Waals surface area (Å²) in [6.45, 7) is 7.38. The Morgan fingerprint density at radius 1 is 1.12 bits per heavy atom. The van der Waals surface area contributed by atoms with E-state index in [1.807, 2.05) is 26.1 Å². The fourth-order valence-electron chi connectivity index (χ4n) is 6.42. The number of hydrogen-bond donors (Lipinski definition) is 0. The number of ether oxygens (including phenoxy) is 1. The molecule has 5 rings (SSSR count). The van der Waals surface area contributed by atoms with E-state index >= 15 is 0 Å². The molecule has 1 aromatic carbocycles. The number of carbonyl (C=O) groups is 1. The largest absolute Gasteiger partial charge is 0.487 e. The summed E-state index contributed by atoms with van der Waals surface area (Å²) >= 11 is 0. The maximum absolute atomic E-state index is 13.9. The van der Waals surface area contributed by atoms with Gasteiger partial charge in [0.05, 0.1) is 17.2 Å². The quantitative estimate of drug-likeness (QED) is 0.357. The van der Waals surface area contributed by atoms with Gasteiger partial charge in [-0.2, -0.15) is 13.2 Å². The molecule has 0 atom stereocenters. The molecule has 0 unspecified atom stereocenters. The van der Waals surface area contributed by atoms with Gasteiger partial charge in [0.15, 0.2) is 0 Å². The van der Waals surface area contributed by atoms with Gasteiger partial charge < -0.3 is 9.64 Å². The second-order valence-electron chi connectivity index (χ2n) is 11.7. The molecule has 1 saturated heterocycles. The molecular weight excluding hydrogens is 515 g/mol. The summed E-state index contributed by atoms with van der Waals surface area (Å²) in [4.78, 5) is 20.9. The van der Waals surface area contributed by atoms with Crippen LogP contribution in [0.5, 0.6) is 5.75 Å². The molecule has 216 valence electrons. The molecule has 1 aliphatic heterocycles. The van der Waals surface area contributed by atoms with Crippen molar-refractivity contribution in [3.05, 3.63) is 64.0 Å². The molecule has 0 spiro atoms. The highest BCUT2D eigenvalue weighted by atomic mass is 19.4. The van der Waals surface area contributed by atoms with Crippen molar-refractivity contribution in [1.82, 2.24) is 14.8 Å². The van der Waals surface area contributed by atoms with Crippen molar-refractivity contribution in [3.8, 4) is 5.75 Å². The number of likely N-dealkylation sites (tertiary alicyclic amines) is 1. The Labute approximate surface area is 235 Å². The zero-order valence-corrected chi connectivity index (χ0v) is 23.8. The minimum absolute atomic E-state index is 0.00501. The highest BCUT2D eigenvalue weighted by Gasteiger charge is 2.37. The number of fused-ring (bicyclic) bond motifs is 1. The number of aromatic nitrogens is 1. The average molecular weight is 556 g/mol. The lowest BCUT2D eigenvalue weighted by molar-refractivity contribution is -0.139. The summed E-state index contributed by atoms with van der Waals surface area (Å²) in [5.74, 6) is 0.913. The minimum Gasteiger partial charge on any atom is -0.487 e. The van der Waals surface area contributed by atoms with Crippen molar-refractivity contribution in [1.29, 1.82) is 0 Å². The van der Waals surface area contributed by atoms with Gasteiger partial charge in [-0.15, -0.1) is 0 Å². The molecule has 8 heteroatoms. The zero-order chi connectivity index (χ0) is 28.4. The normalized spacial score (nSPS) is 18.9. The van der Waals surface area contributed by atoms with E-state index in [-0.39, 0.29) is 24.3 Å². The number of rotatable bonds is 8. The van der Waals surface area contributed by atoms with Gasteiger partial charge in [0.25, 0.3) is 0 Å². The van der Waals surface area contributed by atoms with Crippen LogP contribution in [0.15, 0.2) is 36.0 Å². The number of pyridine rings is 1. The van der Waals surface area contributed by atoms with Crippen LogP contribution in [0.25, 0.3) is 5.57 Å². The summed E-state index contributed by atoms with van der Waals surface area (Å²) in [6, 6.07) is 7.13. The van der Waals surface area contributed by atoms with Gasteiger partial charge in [-0.3, -0.25) is 14.7 Å². The van der Waals surface area contributed by atoms with Crippen LogP contribution in [0.2, 0.25) is 0 Å². The Morgan fingerprint density at radius 3 is 2.58 bits per heavy atom. The first-order valence-electron chi connectivity index (χ1n) is 14.6. The Bertz CT molecular complexity index is 1260. The molecule has 1 amide bonds. The third-order valence-electron chi connectivity index (χ3n) is 9.01. The molecule has 1 aromatic heterocycles. The molecular formula is C32H40F3N3O2. The lowest BCUT2D eigenvalue weighted by Crippen LogP contribution is -2.54. The van der Waals surface area contributed by atoms with E-state index in [4.69, 9.17) is 4.74 Å². The molecule has 2 aromatic rings. The Hall–Kier alpha value is -2.87. The standard InChI is InChI=1S/C32H40F3N3O2/c1-4-37(3)31(39)25-18-38(19-25)17-24-11-10-23-14-27(12-13-28(23)21(24)2)40-20-26-15-30(32(33,34)35)29(16-36-26)22-8-6-5-7-9-22/h12-16,22,25H,4-11,17-20H2,1-3H3. The second-order valence-corrected chi connectivity index (χ2v) is 11.7. The van der Waals surface area contributed by atoms with Crippen LogP contribution in [0.3, 0.4) is 0 Å². The Balaban J connectivity index is 1.22. The molecule has 5 nitrogen and oxygen atoms in total. The molecule has 2 heterocycles. The van der Waals surface area contributed by atoms with Crippen molar-refractivity contribution in [2.24, 2.45) is 5.92 Å². The van der Waals surface area contributed by atoms with Crippen molar-refractivity contribution in [2.45, 2.75) is 77.5 Å².